The molecule has 0 spiro atoms. The molecule has 1 unspecified atom stereocenters. The molecule has 15 heavy (non-hydrogen) atoms. The minimum Gasteiger partial charge on any atom is -0.378 e. The summed E-state index contributed by atoms with van der Waals surface area (Å²) in [5.41, 5.74) is 5.95. The highest BCUT2D eigenvalue weighted by atomic mass is 16.5. The van der Waals surface area contributed by atoms with Crippen LogP contribution >= 0.6 is 0 Å². The highest BCUT2D eigenvalue weighted by Crippen LogP contribution is 2.17. The summed E-state index contributed by atoms with van der Waals surface area (Å²) in [5.74, 6) is 0. The summed E-state index contributed by atoms with van der Waals surface area (Å²) in [6.45, 7) is 8.33. The maximum absolute atomic E-state index is 5.72. The SMILES string of the molecule is CN(CCC1CCCO1)CC(C)(C)CN. The summed E-state index contributed by atoms with van der Waals surface area (Å²) in [4.78, 5) is 2.37. The van der Waals surface area contributed by atoms with Crippen LogP contribution in [0.25, 0.3) is 0 Å². The van der Waals surface area contributed by atoms with Crippen LogP contribution < -0.4 is 5.73 Å². The van der Waals surface area contributed by atoms with Crippen molar-refractivity contribution >= 4 is 0 Å². The maximum atomic E-state index is 5.72. The van der Waals surface area contributed by atoms with Gasteiger partial charge in [-0.15, -0.1) is 0 Å². The Balaban J connectivity index is 2.15. The van der Waals surface area contributed by atoms with E-state index in [1.54, 1.807) is 0 Å². The Labute approximate surface area is 94.0 Å². The molecular formula is C12H26N2O. The van der Waals surface area contributed by atoms with Gasteiger partial charge < -0.3 is 15.4 Å². The lowest BCUT2D eigenvalue weighted by Gasteiger charge is -2.29. The average molecular weight is 214 g/mol. The zero-order valence-corrected chi connectivity index (χ0v) is 10.5. The van der Waals surface area contributed by atoms with Crippen LogP contribution in [-0.4, -0.2) is 44.3 Å². The summed E-state index contributed by atoms with van der Waals surface area (Å²) < 4.78 is 5.61. The van der Waals surface area contributed by atoms with Gasteiger partial charge in [0.15, 0.2) is 0 Å². The van der Waals surface area contributed by atoms with E-state index >= 15 is 0 Å². The molecule has 3 nitrogen and oxygen atoms in total. The van der Waals surface area contributed by atoms with E-state index in [0.29, 0.717) is 6.10 Å². The second kappa shape index (κ2) is 5.83. The van der Waals surface area contributed by atoms with Crippen molar-refractivity contribution in [2.45, 2.75) is 39.2 Å². The van der Waals surface area contributed by atoms with Crippen molar-refractivity contribution in [3.63, 3.8) is 0 Å². The highest BCUT2D eigenvalue weighted by Gasteiger charge is 2.20. The van der Waals surface area contributed by atoms with Gasteiger partial charge in [0.1, 0.15) is 0 Å². The number of rotatable bonds is 6. The van der Waals surface area contributed by atoms with E-state index in [1.807, 2.05) is 0 Å². The Morgan fingerprint density at radius 2 is 2.20 bits per heavy atom. The van der Waals surface area contributed by atoms with Crippen molar-refractivity contribution in [1.29, 1.82) is 0 Å². The second-order valence-electron chi connectivity index (χ2n) is 5.53. The topological polar surface area (TPSA) is 38.5 Å². The zero-order valence-electron chi connectivity index (χ0n) is 10.5. The van der Waals surface area contributed by atoms with Crippen molar-refractivity contribution in [1.82, 2.24) is 4.90 Å². The van der Waals surface area contributed by atoms with E-state index < -0.39 is 0 Å². The molecule has 0 saturated carbocycles. The minimum atomic E-state index is 0.227. The van der Waals surface area contributed by atoms with Gasteiger partial charge in [0.2, 0.25) is 0 Å². The summed E-state index contributed by atoms with van der Waals surface area (Å²) in [5, 5.41) is 0. The number of hydrogen-bond acceptors (Lipinski definition) is 3. The largest absolute Gasteiger partial charge is 0.378 e. The van der Waals surface area contributed by atoms with Crippen molar-refractivity contribution in [2.24, 2.45) is 11.1 Å². The molecule has 1 atom stereocenters. The Morgan fingerprint density at radius 1 is 1.47 bits per heavy atom. The molecule has 1 aliphatic rings. The van der Waals surface area contributed by atoms with Gasteiger partial charge in [0, 0.05) is 19.7 Å². The van der Waals surface area contributed by atoms with Gasteiger partial charge in [-0.3, -0.25) is 0 Å². The molecule has 0 aromatic heterocycles. The average Bonchev–Trinajstić information content (AvgIpc) is 2.66. The minimum absolute atomic E-state index is 0.227. The fourth-order valence-electron chi connectivity index (χ4n) is 2.11. The van der Waals surface area contributed by atoms with Crippen LogP contribution in [-0.2, 0) is 4.74 Å². The first-order valence-corrected chi connectivity index (χ1v) is 6.04. The molecule has 0 radical (unpaired) electrons. The fraction of sp³-hybridized carbons (Fsp3) is 1.00. The van der Waals surface area contributed by atoms with Crippen molar-refractivity contribution in [2.75, 3.05) is 33.3 Å². The van der Waals surface area contributed by atoms with Gasteiger partial charge in [-0.2, -0.15) is 0 Å². The van der Waals surface area contributed by atoms with Crippen molar-refractivity contribution in [3.8, 4) is 0 Å². The van der Waals surface area contributed by atoms with Gasteiger partial charge in [0.25, 0.3) is 0 Å². The lowest BCUT2D eigenvalue weighted by molar-refractivity contribution is 0.0903. The van der Waals surface area contributed by atoms with Crippen LogP contribution in [0.5, 0.6) is 0 Å². The summed E-state index contributed by atoms with van der Waals surface area (Å²) >= 11 is 0. The smallest absolute Gasteiger partial charge is 0.0588 e. The Morgan fingerprint density at radius 3 is 2.73 bits per heavy atom. The second-order valence-corrected chi connectivity index (χ2v) is 5.53. The van der Waals surface area contributed by atoms with E-state index in [2.05, 4.69) is 25.8 Å². The molecule has 0 aliphatic carbocycles. The van der Waals surface area contributed by atoms with Crippen LogP contribution in [0, 0.1) is 5.41 Å². The third kappa shape index (κ3) is 4.96. The number of nitrogens with zero attached hydrogens (tertiary/aromatic N) is 1. The molecule has 1 fully saturated rings. The maximum Gasteiger partial charge on any atom is 0.0588 e. The molecular weight excluding hydrogens is 188 g/mol. The number of nitrogens with two attached hydrogens (primary N) is 1. The van der Waals surface area contributed by atoms with E-state index in [1.165, 1.54) is 12.8 Å². The molecule has 3 heteroatoms. The van der Waals surface area contributed by atoms with E-state index in [-0.39, 0.29) is 5.41 Å². The van der Waals surface area contributed by atoms with E-state index in [0.717, 1.165) is 32.7 Å². The van der Waals surface area contributed by atoms with Gasteiger partial charge in [-0.25, -0.2) is 0 Å². The van der Waals surface area contributed by atoms with Crippen LogP contribution in [0.15, 0.2) is 0 Å². The third-order valence-corrected chi connectivity index (χ3v) is 3.11. The summed E-state index contributed by atoms with van der Waals surface area (Å²) in [7, 11) is 2.17. The molecule has 1 aliphatic heterocycles. The Kier molecular flexibility index (Phi) is 5.03. The molecule has 0 aromatic carbocycles. The predicted molar refractivity (Wildman–Crippen MR) is 63.9 cm³/mol. The van der Waals surface area contributed by atoms with Gasteiger partial charge in [-0.1, -0.05) is 13.8 Å². The molecule has 1 saturated heterocycles. The van der Waals surface area contributed by atoms with Crippen molar-refractivity contribution < 1.29 is 4.74 Å². The van der Waals surface area contributed by atoms with Crippen molar-refractivity contribution in [3.05, 3.63) is 0 Å². The first-order chi connectivity index (χ1) is 7.03. The number of hydrogen-bond donors (Lipinski definition) is 1. The highest BCUT2D eigenvalue weighted by molar-refractivity contribution is 4.74. The van der Waals surface area contributed by atoms with Crippen LogP contribution in [0.4, 0.5) is 0 Å². The van der Waals surface area contributed by atoms with Crippen LogP contribution in [0.2, 0.25) is 0 Å². The fourth-order valence-corrected chi connectivity index (χ4v) is 2.11. The Hall–Kier alpha value is -0.120. The molecule has 1 heterocycles. The molecule has 1 rings (SSSR count). The standard InChI is InChI=1S/C12H26N2O/c1-12(2,9-13)10-14(3)7-6-11-5-4-8-15-11/h11H,4-10,13H2,1-3H3. The summed E-state index contributed by atoms with van der Waals surface area (Å²) in [6.07, 6.45) is 4.15. The molecule has 90 valence electrons. The summed E-state index contributed by atoms with van der Waals surface area (Å²) in [6, 6.07) is 0. The van der Waals surface area contributed by atoms with Crippen LogP contribution in [0.1, 0.15) is 33.1 Å². The van der Waals surface area contributed by atoms with Gasteiger partial charge >= 0.3 is 0 Å². The lowest BCUT2D eigenvalue weighted by atomic mass is 9.93. The van der Waals surface area contributed by atoms with Gasteiger partial charge in [0.05, 0.1) is 6.10 Å². The Bertz CT molecular complexity index is 176. The van der Waals surface area contributed by atoms with Gasteiger partial charge in [-0.05, 0) is 38.3 Å². The quantitative estimate of drug-likeness (QED) is 0.728. The third-order valence-electron chi connectivity index (χ3n) is 3.11. The first-order valence-electron chi connectivity index (χ1n) is 6.04. The molecule has 2 N–H and O–H groups in total. The van der Waals surface area contributed by atoms with E-state index in [9.17, 15) is 0 Å². The zero-order chi connectivity index (χ0) is 11.3. The van der Waals surface area contributed by atoms with Crippen LogP contribution in [0.3, 0.4) is 0 Å². The molecule has 0 amide bonds. The normalized spacial score (nSPS) is 22.6. The van der Waals surface area contributed by atoms with E-state index in [4.69, 9.17) is 10.5 Å². The first kappa shape index (κ1) is 12.9. The predicted octanol–water partition coefficient (Wildman–Crippen LogP) is 1.47. The number of ether oxygens (including phenoxy) is 1. The monoisotopic (exact) mass is 214 g/mol. The molecule has 0 aromatic rings. The lowest BCUT2D eigenvalue weighted by Crippen LogP contribution is -2.37. The molecule has 0 bridgehead atoms.